The second-order valence-electron chi connectivity index (χ2n) is 5.75. The second-order valence-corrected chi connectivity index (χ2v) is 5.75. The van der Waals surface area contributed by atoms with E-state index in [9.17, 15) is 9.59 Å². The van der Waals surface area contributed by atoms with Crippen molar-refractivity contribution in [3.63, 3.8) is 0 Å². The molecule has 0 saturated carbocycles. The SMILES string of the molecule is CCC(C(=O)N(CC)c1ccccc1)n1cnc2onc(C)c2c1=O. The molecule has 0 radical (unpaired) electrons. The molecule has 130 valence electrons. The summed E-state index contributed by atoms with van der Waals surface area (Å²) in [5.74, 6) is -0.145. The number of benzene rings is 1. The number of rotatable bonds is 5. The van der Waals surface area contributed by atoms with Gasteiger partial charge in [-0.2, -0.15) is 0 Å². The molecule has 1 aromatic carbocycles. The van der Waals surface area contributed by atoms with Crippen molar-refractivity contribution < 1.29 is 9.32 Å². The van der Waals surface area contributed by atoms with Gasteiger partial charge in [0.2, 0.25) is 5.91 Å². The number of para-hydroxylation sites is 1. The number of carbonyl (C=O) groups is 1. The van der Waals surface area contributed by atoms with Gasteiger partial charge in [0.05, 0.1) is 5.69 Å². The van der Waals surface area contributed by atoms with Gasteiger partial charge in [-0.15, -0.1) is 0 Å². The van der Waals surface area contributed by atoms with E-state index in [1.165, 1.54) is 10.9 Å². The van der Waals surface area contributed by atoms with E-state index in [1.54, 1.807) is 11.8 Å². The topological polar surface area (TPSA) is 81.2 Å². The molecule has 0 aliphatic heterocycles. The van der Waals surface area contributed by atoms with Crippen LogP contribution in [0, 0.1) is 6.92 Å². The van der Waals surface area contributed by atoms with Gasteiger partial charge in [0.25, 0.3) is 11.3 Å². The van der Waals surface area contributed by atoms with Crippen LogP contribution in [-0.2, 0) is 4.79 Å². The number of aryl methyl sites for hydroxylation is 1. The van der Waals surface area contributed by atoms with Gasteiger partial charge in [-0.05, 0) is 32.4 Å². The summed E-state index contributed by atoms with van der Waals surface area (Å²) in [5.41, 5.74) is 1.15. The Labute approximate surface area is 144 Å². The van der Waals surface area contributed by atoms with Crippen molar-refractivity contribution in [3.05, 3.63) is 52.7 Å². The lowest BCUT2D eigenvalue weighted by Crippen LogP contribution is -2.40. The number of carbonyl (C=O) groups excluding carboxylic acids is 1. The zero-order valence-corrected chi connectivity index (χ0v) is 14.5. The molecule has 3 aromatic rings. The second kappa shape index (κ2) is 6.88. The normalized spacial score (nSPS) is 12.3. The lowest BCUT2D eigenvalue weighted by Gasteiger charge is -2.26. The number of likely N-dealkylation sites (N-methyl/N-ethyl adjacent to an activating group) is 1. The highest BCUT2D eigenvalue weighted by Gasteiger charge is 2.27. The Morgan fingerprint density at radius 3 is 2.64 bits per heavy atom. The lowest BCUT2D eigenvalue weighted by molar-refractivity contribution is -0.121. The molecule has 25 heavy (non-hydrogen) atoms. The Bertz CT molecular complexity index is 946. The maximum absolute atomic E-state index is 13.1. The van der Waals surface area contributed by atoms with Crippen LogP contribution in [0.4, 0.5) is 5.69 Å². The first-order chi connectivity index (χ1) is 12.1. The van der Waals surface area contributed by atoms with Gasteiger partial charge >= 0.3 is 0 Å². The van der Waals surface area contributed by atoms with Crippen molar-refractivity contribution in [3.8, 4) is 0 Å². The number of anilines is 1. The van der Waals surface area contributed by atoms with Crippen LogP contribution in [0.25, 0.3) is 11.1 Å². The van der Waals surface area contributed by atoms with Gasteiger partial charge in [-0.1, -0.05) is 30.3 Å². The summed E-state index contributed by atoms with van der Waals surface area (Å²) < 4.78 is 6.40. The van der Waals surface area contributed by atoms with E-state index in [0.29, 0.717) is 24.0 Å². The average Bonchev–Trinajstić information content (AvgIpc) is 3.01. The molecular formula is C18H20N4O3. The quantitative estimate of drug-likeness (QED) is 0.713. The van der Waals surface area contributed by atoms with E-state index in [1.807, 2.05) is 44.2 Å². The summed E-state index contributed by atoms with van der Waals surface area (Å²) in [6.07, 6.45) is 1.83. The van der Waals surface area contributed by atoms with Gasteiger partial charge in [0.1, 0.15) is 17.8 Å². The van der Waals surface area contributed by atoms with Crippen molar-refractivity contribution in [1.29, 1.82) is 0 Å². The van der Waals surface area contributed by atoms with Crippen LogP contribution in [0.1, 0.15) is 32.0 Å². The van der Waals surface area contributed by atoms with Crippen LogP contribution in [-0.4, -0.2) is 27.2 Å². The molecule has 1 amide bonds. The van der Waals surface area contributed by atoms with Crippen LogP contribution in [0.15, 0.2) is 46.0 Å². The number of aromatic nitrogens is 3. The first-order valence-corrected chi connectivity index (χ1v) is 8.28. The van der Waals surface area contributed by atoms with Crippen molar-refractivity contribution in [2.45, 2.75) is 33.2 Å². The molecule has 7 nitrogen and oxygen atoms in total. The van der Waals surface area contributed by atoms with Crippen LogP contribution >= 0.6 is 0 Å². The molecule has 3 rings (SSSR count). The average molecular weight is 340 g/mol. The highest BCUT2D eigenvalue weighted by atomic mass is 16.5. The Hall–Kier alpha value is -2.96. The number of hydrogen-bond donors (Lipinski definition) is 0. The molecule has 0 spiro atoms. The maximum atomic E-state index is 13.1. The zero-order valence-electron chi connectivity index (χ0n) is 14.5. The van der Waals surface area contributed by atoms with Crippen molar-refractivity contribution in [2.75, 3.05) is 11.4 Å². The number of amides is 1. The first kappa shape index (κ1) is 16.9. The van der Waals surface area contributed by atoms with Gasteiger partial charge < -0.3 is 9.42 Å². The lowest BCUT2D eigenvalue weighted by atomic mass is 10.1. The zero-order chi connectivity index (χ0) is 18.0. The van der Waals surface area contributed by atoms with Crippen LogP contribution in [0.3, 0.4) is 0 Å². The van der Waals surface area contributed by atoms with E-state index >= 15 is 0 Å². The third-order valence-electron chi connectivity index (χ3n) is 4.25. The molecule has 7 heteroatoms. The fourth-order valence-electron chi connectivity index (χ4n) is 2.95. The summed E-state index contributed by atoms with van der Waals surface area (Å²) in [6, 6.07) is 8.78. The summed E-state index contributed by atoms with van der Waals surface area (Å²) in [5, 5.41) is 4.10. The molecule has 2 heterocycles. The number of nitrogens with zero attached hydrogens (tertiary/aromatic N) is 4. The van der Waals surface area contributed by atoms with E-state index in [0.717, 1.165) is 5.69 Å². The monoisotopic (exact) mass is 340 g/mol. The van der Waals surface area contributed by atoms with Gasteiger partial charge in [0, 0.05) is 12.2 Å². The Morgan fingerprint density at radius 1 is 1.28 bits per heavy atom. The van der Waals surface area contributed by atoms with Crippen LogP contribution in [0.2, 0.25) is 0 Å². The van der Waals surface area contributed by atoms with Gasteiger partial charge in [-0.3, -0.25) is 14.2 Å². The predicted octanol–water partition coefficient (Wildman–Crippen LogP) is 2.70. The van der Waals surface area contributed by atoms with E-state index in [-0.39, 0.29) is 17.2 Å². The fourth-order valence-corrected chi connectivity index (χ4v) is 2.95. The molecule has 0 aliphatic rings. The summed E-state index contributed by atoms with van der Waals surface area (Å²) in [4.78, 5) is 31.7. The molecule has 1 atom stereocenters. The molecule has 0 fully saturated rings. The number of hydrogen-bond acceptors (Lipinski definition) is 5. The number of fused-ring (bicyclic) bond motifs is 1. The van der Waals surface area contributed by atoms with E-state index in [4.69, 9.17) is 4.52 Å². The Morgan fingerprint density at radius 2 is 2.00 bits per heavy atom. The molecule has 0 saturated heterocycles. The summed E-state index contributed by atoms with van der Waals surface area (Å²) in [7, 11) is 0. The molecule has 0 N–H and O–H groups in total. The molecule has 1 unspecified atom stereocenters. The highest BCUT2D eigenvalue weighted by Crippen LogP contribution is 2.21. The third kappa shape index (κ3) is 2.93. The Kier molecular flexibility index (Phi) is 4.65. The van der Waals surface area contributed by atoms with E-state index in [2.05, 4.69) is 10.1 Å². The molecule has 2 aromatic heterocycles. The summed E-state index contributed by atoms with van der Waals surface area (Å²) >= 11 is 0. The fraction of sp³-hybridized carbons (Fsp3) is 0.333. The summed E-state index contributed by atoms with van der Waals surface area (Å²) in [6.45, 7) is 5.98. The van der Waals surface area contributed by atoms with Gasteiger partial charge in [0.15, 0.2) is 0 Å². The smallest absolute Gasteiger partial charge is 0.267 e. The minimum atomic E-state index is -0.640. The first-order valence-electron chi connectivity index (χ1n) is 8.28. The minimum Gasteiger partial charge on any atom is -0.335 e. The van der Waals surface area contributed by atoms with Crippen molar-refractivity contribution in [1.82, 2.24) is 14.7 Å². The predicted molar refractivity (Wildman–Crippen MR) is 94.6 cm³/mol. The molecule has 0 bridgehead atoms. The van der Waals surface area contributed by atoms with Gasteiger partial charge in [-0.25, -0.2) is 4.98 Å². The maximum Gasteiger partial charge on any atom is 0.267 e. The largest absolute Gasteiger partial charge is 0.335 e. The van der Waals surface area contributed by atoms with E-state index < -0.39 is 6.04 Å². The molecular weight excluding hydrogens is 320 g/mol. The Balaban J connectivity index is 2.05. The highest BCUT2D eigenvalue weighted by molar-refractivity contribution is 5.96. The van der Waals surface area contributed by atoms with Crippen molar-refractivity contribution in [2.24, 2.45) is 0 Å². The van der Waals surface area contributed by atoms with Crippen LogP contribution in [0.5, 0.6) is 0 Å². The molecule has 0 aliphatic carbocycles. The standard InChI is InChI=1S/C18H20N4O3/c1-4-14(17(23)21(5-2)13-9-7-6-8-10-13)22-11-19-16-15(18(22)24)12(3)20-25-16/h6-11,14H,4-5H2,1-3H3. The third-order valence-corrected chi connectivity index (χ3v) is 4.25. The minimum absolute atomic E-state index is 0.145. The van der Waals surface area contributed by atoms with Crippen molar-refractivity contribution >= 4 is 22.7 Å². The van der Waals surface area contributed by atoms with Crippen LogP contribution < -0.4 is 10.5 Å².